The Balaban J connectivity index is 2.40. The summed E-state index contributed by atoms with van der Waals surface area (Å²) >= 11 is 0. The average Bonchev–Trinajstić information content (AvgIpc) is 2.38. The second-order valence-corrected chi connectivity index (χ2v) is 6.84. The van der Waals surface area contributed by atoms with Gasteiger partial charge in [-0.3, -0.25) is 0 Å². The molecule has 5 heteroatoms. The van der Waals surface area contributed by atoms with Crippen LogP contribution in [0.15, 0.2) is 24.3 Å². The Labute approximate surface area is 132 Å². The van der Waals surface area contributed by atoms with Crippen molar-refractivity contribution in [2.75, 3.05) is 13.2 Å². The van der Waals surface area contributed by atoms with Gasteiger partial charge in [-0.1, -0.05) is 12.1 Å². The van der Waals surface area contributed by atoms with Crippen LogP contribution in [0.3, 0.4) is 0 Å². The first kappa shape index (κ1) is 18.3. The second-order valence-electron chi connectivity index (χ2n) is 6.84. The van der Waals surface area contributed by atoms with Crippen LogP contribution in [-0.2, 0) is 11.2 Å². The van der Waals surface area contributed by atoms with E-state index >= 15 is 0 Å². The number of aliphatic hydroxyl groups excluding tert-OH is 1. The van der Waals surface area contributed by atoms with Crippen molar-refractivity contribution in [2.45, 2.75) is 52.2 Å². The van der Waals surface area contributed by atoms with E-state index in [0.717, 1.165) is 5.56 Å². The highest BCUT2D eigenvalue weighted by Gasteiger charge is 2.18. The van der Waals surface area contributed by atoms with Crippen LogP contribution in [0, 0.1) is 0 Å². The zero-order valence-electron chi connectivity index (χ0n) is 14.1. The maximum Gasteiger partial charge on any atom is 0.407 e. The topological polar surface area (TPSA) is 67.8 Å². The van der Waals surface area contributed by atoms with E-state index in [-0.39, 0.29) is 6.61 Å². The van der Waals surface area contributed by atoms with Crippen LogP contribution in [0.25, 0.3) is 0 Å². The van der Waals surface area contributed by atoms with Crippen molar-refractivity contribution in [3.05, 3.63) is 29.8 Å². The molecule has 0 bridgehead atoms. The number of alkyl carbamates (subject to hydrolysis) is 1. The molecule has 0 saturated carbocycles. The summed E-state index contributed by atoms with van der Waals surface area (Å²) < 4.78 is 10.8. The maximum absolute atomic E-state index is 11.5. The van der Waals surface area contributed by atoms with Gasteiger partial charge in [0, 0.05) is 6.54 Å². The number of carbonyl (C=O) groups excluding carboxylic acids is 1. The number of hydrogen-bond acceptors (Lipinski definition) is 4. The standard InChI is InChI=1S/C17H27NO4/c1-16(2,3)22-15(20)18-11-10-13-6-8-14(9-7-13)21-17(4,5)12-19/h6-9,19H,10-12H2,1-5H3,(H,18,20). The highest BCUT2D eigenvalue weighted by Crippen LogP contribution is 2.18. The number of carbonyl (C=O) groups is 1. The molecule has 0 aromatic heterocycles. The van der Waals surface area contributed by atoms with Gasteiger partial charge < -0.3 is 19.9 Å². The summed E-state index contributed by atoms with van der Waals surface area (Å²) in [7, 11) is 0. The molecule has 1 aromatic rings. The molecule has 0 atom stereocenters. The van der Waals surface area contributed by atoms with Gasteiger partial charge in [-0.2, -0.15) is 0 Å². The molecule has 0 unspecified atom stereocenters. The lowest BCUT2D eigenvalue weighted by atomic mass is 10.1. The lowest BCUT2D eigenvalue weighted by molar-refractivity contribution is 0.0412. The molecular formula is C17H27NO4. The largest absolute Gasteiger partial charge is 0.485 e. The van der Waals surface area contributed by atoms with E-state index in [2.05, 4.69) is 5.32 Å². The molecule has 2 N–H and O–H groups in total. The molecule has 0 aliphatic rings. The Kier molecular flexibility index (Phi) is 6.23. The molecule has 0 radical (unpaired) electrons. The summed E-state index contributed by atoms with van der Waals surface area (Å²) in [6, 6.07) is 7.61. The lowest BCUT2D eigenvalue weighted by Crippen LogP contribution is -2.33. The Morgan fingerprint density at radius 2 is 1.73 bits per heavy atom. The highest BCUT2D eigenvalue weighted by atomic mass is 16.6. The van der Waals surface area contributed by atoms with Gasteiger partial charge >= 0.3 is 6.09 Å². The van der Waals surface area contributed by atoms with Crippen LogP contribution in [-0.4, -0.2) is 35.6 Å². The average molecular weight is 309 g/mol. The van der Waals surface area contributed by atoms with E-state index in [9.17, 15) is 9.90 Å². The summed E-state index contributed by atoms with van der Waals surface area (Å²) in [4.78, 5) is 11.5. The number of ether oxygens (including phenoxy) is 2. The normalized spacial score (nSPS) is 11.9. The van der Waals surface area contributed by atoms with Crippen molar-refractivity contribution in [1.29, 1.82) is 0 Å². The zero-order chi connectivity index (χ0) is 16.8. The van der Waals surface area contributed by atoms with Gasteiger partial charge in [-0.25, -0.2) is 4.79 Å². The predicted octanol–water partition coefficient (Wildman–Crippen LogP) is 2.90. The minimum Gasteiger partial charge on any atom is -0.485 e. The van der Waals surface area contributed by atoms with Crippen molar-refractivity contribution >= 4 is 6.09 Å². The summed E-state index contributed by atoms with van der Waals surface area (Å²) in [6.45, 7) is 9.61. The van der Waals surface area contributed by atoms with Gasteiger partial charge in [0.1, 0.15) is 17.0 Å². The molecule has 0 aliphatic heterocycles. The smallest absolute Gasteiger partial charge is 0.407 e. The van der Waals surface area contributed by atoms with E-state index < -0.39 is 17.3 Å². The Morgan fingerprint density at radius 3 is 2.23 bits per heavy atom. The van der Waals surface area contributed by atoms with Crippen LogP contribution < -0.4 is 10.1 Å². The van der Waals surface area contributed by atoms with Gasteiger partial charge in [-0.15, -0.1) is 0 Å². The van der Waals surface area contributed by atoms with Gasteiger partial charge in [0.05, 0.1) is 6.61 Å². The van der Waals surface area contributed by atoms with E-state index in [4.69, 9.17) is 9.47 Å². The van der Waals surface area contributed by atoms with Crippen LogP contribution in [0.2, 0.25) is 0 Å². The lowest BCUT2D eigenvalue weighted by Gasteiger charge is -2.24. The van der Waals surface area contributed by atoms with Crippen LogP contribution in [0.4, 0.5) is 4.79 Å². The summed E-state index contributed by atoms with van der Waals surface area (Å²) in [5, 5.41) is 11.9. The SMILES string of the molecule is CC(C)(C)OC(=O)NCCc1ccc(OC(C)(C)CO)cc1. The van der Waals surface area contributed by atoms with Gasteiger partial charge in [0.2, 0.25) is 0 Å². The molecule has 1 amide bonds. The minimum absolute atomic E-state index is 0.0471. The van der Waals surface area contributed by atoms with Crippen molar-refractivity contribution in [3.8, 4) is 5.75 Å². The first-order valence-electron chi connectivity index (χ1n) is 7.47. The molecule has 0 fully saturated rings. The minimum atomic E-state index is -0.597. The Bertz CT molecular complexity index is 474. The Morgan fingerprint density at radius 1 is 1.14 bits per heavy atom. The third-order valence-electron chi connectivity index (χ3n) is 2.78. The van der Waals surface area contributed by atoms with Gasteiger partial charge in [-0.05, 0) is 58.7 Å². The predicted molar refractivity (Wildman–Crippen MR) is 86.2 cm³/mol. The number of amides is 1. The maximum atomic E-state index is 11.5. The highest BCUT2D eigenvalue weighted by molar-refractivity contribution is 5.67. The van der Waals surface area contributed by atoms with Crippen molar-refractivity contribution < 1.29 is 19.4 Å². The zero-order valence-corrected chi connectivity index (χ0v) is 14.1. The molecule has 22 heavy (non-hydrogen) atoms. The number of nitrogens with one attached hydrogen (secondary N) is 1. The van der Waals surface area contributed by atoms with Crippen molar-refractivity contribution in [3.63, 3.8) is 0 Å². The molecule has 0 saturated heterocycles. The number of rotatable bonds is 6. The number of aliphatic hydroxyl groups is 1. The fourth-order valence-corrected chi connectivity index (χ4v) is 1.70. The van der Waals surface area contributed by atoms with E-state index in [1.54, 1.807) is 0 Å². The molecule has 0 heterocycles. The quantitative estimate of drug-likeness (QED) is 0.848. The molecule has 124 valence electrons. The van der Waals surface area contributed by atoms with Gasteiger partial charge in [0.25, 0.3) is 0 Å². The van der Waals surface area contributed by atoms with Crippen LogP contribution >= 0.6 is 0 Å². The van der Waals surface area contributed by atoms with E-state index in [0.29, 0.717) is 18.7 Å². The molecule has 0 spiro atoms. The molecular weight excluding hydrogens is 282 g/mol. The van der Waals surface area contributed by atoms with Crippen LogP contribution in [0.5, 0.6) is 5.75 Å². The summed E-state index contributed by atoms with van der Waals surface area (Å²) in [6.07, 6.45) is 0.306. The van der Waals surface area contributed by atoms with Crippen molar-refractivity contribution in [1.82, 2.24) is 5.32 Å². The van der Waals surface area contributed by atoms with Crippen LogP contribution in [0.1, 0.15) is 40.2 Å². The first-order chi connectivity index (χ1) is 10.1. The first-order valence-corrected chi connectivity index (χ1v) is 7.47. The molecule has 1 rings (SSSR count). The molecule has 1 aromatic carbocycles. The van der Waals surface area contributed by atoms with Crippen molar-refractivity contribution in [2.24, 2.45) is 0 Å². The monoisotopic (exact) mass is 309 g/mol. The third-order valence-corrected chi connectivity index (χ3v) is 2.78. The Hall–Kier alpha value is -1.75. The summed E-state index contributed by atoms with van der Waals surface area (Å²) in [5.41, 5.74) is 0.00717. The summed E-state index contributed by atoms with van der Waals surface area (Å²) in [5.74, 6) is 0.711. The fraction of sp³-hybridized carbons (Fsp3) is 0.588. The van der Waals surface area contributed by atoms with Gasteiger partial charge in [0.15, 0.2) is 0 Å². The number of benzene rings is 1. The second kappa shape index (κ2) is 7.49. The molecule has 5 nitrogen and oxygen atoms in total. The molecule has 0 aliphatic carbocycles. The van der Waals surface area contributed by atoms with E-state index in [1.807, 2.05) is 58.9 Å². The number of hydrogen-bond donors (Lipinski definition) is 2. The third kappa shape index (κ3) is 7.31. The fourth-order valence-electron chi connectivity index (χ4n) is 1.70. The van der Waals surface area contributed by atoms with E-state index in [1.165, 1.54) is 0 Å².